The molecule has 1 aromatic carbocycles. The molecule has 1 atom stereocenters. The van der Waals surface area contributed by atoms with Crippen LogP contribution in [0.15, 0.2) is 60.9 Å². The Morgan fingerprint density at radius 1 is 1.06 bits per heavy atom. The maximum atomic E-state index is 4.92. The smallest absolute Gasteiger partial charge is 0.177 e. The van der Waals surface area contributed by atoms with E-state index in [2.05, 4.69) is 75.2 Å². The van der Waals surface area contributed by atoms with Gasteiger partial charge in [-0.1, -0.05) is 24.3 Å². The predicted molar refractivity (Wildman–Crippen MR) is 145 cm³/mol. The second kappa shape index (κ2) is 10.2. The van der Waals surface area contributed by atoms with Crippen LogP contribution in [0.1, 0.15) is 38.2 Å². The first-order chi connectivity index (χ1) is 17.7. The molecule has 4 aromatic rings. The molecule has 36 heavy (non-hydrogen) atoms. The van der Waals surface area contributed by atoms with Crippen molar-refractivity contribution in [2.45, 2.75) is 51.2 Å². The summed E-state index contributed by atoms with van der Waals surface area (Å²) in [7, 11) is 0. The van der Waals surface area contributed by atoms with E-state index in [1.54, 1.807) is 6.20 Å². The van der Waals surface area contributed by atoms with Gasteiger partial charge in [0.05, 0.1) is 11.4 Å². The molecule has 1 unspecified atom stereocenters. The molecule has 2 fully saturated rings. The van der Waals surface area contributed by atoms with Gasteiger partial charge in [-0.2, -0.15) is 5.10 Å². The van der Waals surface area contributed by atoms with E-state index in [-0.39, 0.29) is 0 Å². The standard InChI is InChI=1S/C28H34N8/c1-20-5-4-15-35(20)27-9-3-8-26(33-27)32-25-18-24(34-36-16-14-30-28(25)36)22-7-2-6-21(17-22)19-31-23-10-12-29-13-11-23/h2-3,6-9,14,16-18,20,23,29,31H,4-5,10-13,15,19H2,1H3,(H,32,33). The highest BCUT2D eigenvalue weighted by molar-refractivity contribution is 5.77. The molecule has 0 saturated carbocycles. The molecule has 0 aliphatic carbocycles. The highest BCUT2D eigenvalue weighted by Gasteiger charge is 2.21. The number of nitrogens with zero attached hydrogens (tertiary/aromatic N) is 5. The van der Waals surface area contributed by atoms with Gasteiger partial charge < -0.3 is 20.9 Å². The Balaban J connectivity index is 1.26. The minimum atomic E-state index is 0.524. The van der Waals surface area contributed by atoms with Crippen molar-refractivity contribution in [1.29, 1.82) is 0 Å². The first kappa shape index (κ1) is 22.9. The van der Waals surface area contributed by atoms with E-state index in [9.17, 15) is 0 Å². The molecule has 0 amide bonds. The van der Waals surface area contributed by atoms with Gasteiger partial charge in [-0.05, 0) is 75.5 Å². The number of nitrogens with one attached hydrogen (secondary N) is 3. The lowest BCUT2D eigenvalue weighted by Crippen LogP contribution is -2.39. The number of fused-ring (bicyclic) bond motifs is 1. The van der Waals surface area contributed by atoms with Gasteiger partial charge in [-0.15, -0.1) is 0 Å². The Hall–Kier alpha value is -3.49. The molecule has 2 aliphatic rings. The van der Waals surface area contributed by atoms with Crippen LogP contribution in [0.4, 0.5) is 17.3 Å². The second-order valence-electron chi connectivity index (χ2n) is 9.93. The summed E-state index contributed by atoms with van der Waals surface area (Å²) in [6.45, 7) is 6.38. The van der Waals surface area contributed by atoms with Gasteiger partial charge in [0, 0.05) is 43.1 Å². The fraction of sp³-hybridized carbons (Fsp3) is 0.393. The van der Waals surface area contributed by atoms with Crippen molar-refractivity contribution in [3.8, 4) is 11.3 Å². The molecule has 3 aromatic heterocycles. The summed E-state index contributed by atoms with van der Waals surface area (Å²) in [5.41, 5.74) is 4.93. The van der Waals surface area contributed by atoms with Gasteiger partial charge in [0.2, 0.25) is 0 Å². The van der Waals surface area contributed by atoms with Crippen LogP contribution in [0, 0.1) is 0 Å². The molecule has 0 radical (unpaired) electrons. The minimum absolute atomic E-state index is 0.524. The summed E-state index contributed by atoms with van der Waals surface area (Å²) < 4.78 is 1.84. The van der Waals surface area contributed by atoms with Crippen LogP contribution in [0.2, 0.25) is 0 Å². The SMILES string of the molecule is CC1CCCN1c1cccc(Nc2cc(-c3cccc(CNC4CCNCC4)c3)nn3ccnc23)n1. The molecule has 8 nitrogen and oxygen atoms in total. The second-order valence-corrected chi connectivity index (χ2v) is 9.93. The molecular weight excluding hydrogens is 448 g/mol. The Labute approximate surface area is 212 Å². The van der Waals surface area contributed by atoms with Crippen molar-refractivity contribution in [2.24, 2.45) is 0 Å². The van der Waals surface area contributed by atoms with Gasteiger partial charge in [-0.25, -0.2) is 14.5 Å². The van der Waals surface area contributed by atoms with Crippen LogP contribution in [0.3, 0.4) is 0 Å². The molecule has 8 heteroatoms. The zero-order valence-electron chi connectivity index (χ0n) is 20.8. The molecule has 3 N–H and O–H groups in total. The Kier molecular flexibility index (Phi) is 6.53. The van der Waals surface area contributed by atoms with E-state index in [0.717, 1.165) is 60.4 Å². The Bertz CT molecular complexity index is 1330. The predicted octanol–water partition coefficient (Wildman–Crippen LogP) is 4.37. The topological polar surface area (TPSA) is 82.4 Å². The van der Waals surface area contributed by atoms with E-state index in [0.29, 0.717) is 12.1 Å². The number of benzene rings is 1. The summed E-state index contributed by atoms with van der Waals surface area (Å²) in [5.74, 6) is 1.83. The average molecular weight is 483 g/mol. The quantitative estimate of drug-likeness (QED) is 0.361. The third kappa shape index (κ3) is 4.92. The third-order valence-corrected chi connectivity index (χ3v) is 7.36. The van der Waals surface area contributed by atoms with Crippen molar-refractivity contribution in [3.63, 3.8) is 0 Å². The van der Waals surface area contributed by atoms with E-state index in [1.165, 1.54) is 31.2 Å². The van der Waals surface area contributed by atoms with Crippen LogP contribution in [0.25, 0.3) is 16.9 Å². The lowest BCUT2D eigenvalue weighted by molar-refractivity contribution is 0.386. The average Bonchev–Trinajstić information content (AvgIpc) is 3.57. The van der Waals surface area contributed by atoms with Crippen molar-refractivity contribution >= 4 is 23.0 Å². The number of pyridine rings is 1. The molecule has 0 bridgehead atoms. The summed E-state index contributed by atoms with van der Waals surface area (Å²) in [6.07, 6.45) is 8.47. The fourth-order valence-electron chi connectivity index (χ4n) is 5.34. The summed E-state index contributed by atoms with van der Waals surface area (Å²) in [5, 5.41) is 15.5. The zero-order chi connectivity index (χ0) is 24.3. The maximum absolute atomic E-state index is 4.92. The molecule has 5 heterocycles. The number of aromatic nitrogens is 4. The van der Waals surface area contributed by atoms with Crippen LogP contribution in [-0.4, -0.2) is 51.3 Å². The van der Waals surface area contributed by atoms with E-state index in [1.807, 2.05) is 16.8 Å². The normalized spacial score (nSPS) is 18.7. The van der Waals surface area contributed by atoms with Crippen LogP contribution < -0.4 is 20.9 Å². The number of anilines is 3. The lowest BCUT2D eigenvalue weighted by atomic mass is 10.0. The Morgan fingerprint density at radius 2 is 1.94 bits per heavy atom. The minimum Gasteiger partial charge on any atom is -0.354 e. The maximum Gasteiger partial charge on any atom is 0.177 e. The first-order valence-electron chi connectivity index (χ1n) is 13.1. The fourth-order valence-corrected chi connectivity index (χ4v) is 5.34. The summed E-state index contributed by atoms with van der Waals surface area (Å²) in [4.78, 5) is 11.9. The van der Waals surface area contributed by atoms with E-state index < -0.39 is 0 Å². The van der Waals surface area contributed by atoms with Crippen LogP contribution in [-0.2, 0) is 6.54 Å². The molecule has 2 aliphatic heterocycles. The Morgan fingerprint density at radius 3 is 2.81 bits per heavy atom. The number of imidazole rings is 1. The third-order valence-electron chi connectivity index (χ3n) is 7.36. The molecule has 0 spiro atoms. The highest BCUT2D eigenvalue weighted by Crippen LogP contribution is 2.29. The van der Waals surface area contributed by atoms with Crippen molar-refractivity contribution < 1.29 is 0 Å². The number of piperidine rings is 1. The molecular formula is C28H34N8. The molecule has 186 valence electrons. The first-order valence-corrected chi connectivity index (χ1v) is 13.1. The summed E-state index contributed by atoms with van der Waals surface area (Å²) >= 11 is 0. The zero-order valence-corrected chi connectivity index (χ0v) is 20.8. The van der Waals surface area contributed by atoms with Crippen molar-refractivity contribution in [1.82, 2.24) is 30.2 Å². The van der Waals surface area contributed by atoms with Gasteiger partial charge in [0.25, 0.3) is 0 Å². The monoisotopic (exact) mass is 482 g/mol. The number of rotatable bonds is 7. The van der Waals surface area contributed by atoms with Crippen molar-refractivity contribution in [3.05, 3.63) is 66.5 Å². The highest BCUT2D eigenvalue weighted by atomic mass is 15.3. The van der Waals surface area contributed by atoms with Gasteiger partial charge >= 0.3 is 0 Å². The van der Waals surface area contributed by atoms with Gasteiger partial charge in [-0.3, -0.25) is 0 Å². The van der Waals surface area contributed by atoms with Crippen LogP contribution >= 0.6 is 0 Å². The number of hydrogen-bond acceptors (Lipinski definition) is 7. The molecule has 6 rings (SSSR count). The van der Waals surface area contributed by atoms with Gasteiger partial charge in [0.15, 0.2) is 5.65 Å². The molecule has 2 saturated heterocycles. The van der Waals surface area contributed by atoms with E-state index >= 15 is 0 Å². The van der Waals surface area contributed by atoms with E-state index in [4.69, 9.17) is 10.1 Å². The summed E-state index contributed by atoms with van der Waals surface area (Å²) in [6, 6.07) is 18.0. The van der Waals surface area contributed by atoms with Crippen LogP contribution in [0.5, 0.6) is 0 Å². The largest absolute Gasteiger partial charge is 0.354 e. The lowest BCUT2D eigenvalue weighted by Gasteiger charge is -2.23. The number of hydrogen-bond donors (Lipinski definition) is 3. The van der Waals surface area contributed by atoms with Gasteiger partial charge in [0.1, 0.15) is 11.6 Å². The van der Waals surface area contributed by atoms with Crippen molar-refractivity contribution in [2.75, 3.05) is 29.9 Å².